The van der Waals surface area contributed by atoms with Gasteiger partial charge in [-0.05, 0) is 31.9 Å². The van der Waals surface area contributed by atoms with Crippen molar-refractivity contribution >= 4 is 5.91 Å². The van der Waals surface area contributed by atoms with Crippen molar-refractivity contribution in [2.75, 3.05) is 0 Å². The molecule has 0 aliphatic heterocycles. The summed E-state index contributed by atoms with van der Waals surface area (Å²) in [4.78, 5) is 15.8. The van der Waals surface area contributed by atoms with Gasteiger partial charge < -0.3 is 5.32 Å². The molecule has 0 radical (unpaired) electrons. The van der Waals surface area contributed by atoms with Crippen molar-refractivity contribution in [2.24, 2.45) is 0 Å². The maximum atomic E-state index is 12.5. The predicted octanol–water partition coefficient (Wildman–Crippen LogP) is 2.49. The molecule has 0 unspecified atom stereocenters. The molecule has 1 aliphatic rings. The molecule has 0 saturated heterocycles. The zero-order valence-electron chi connectivity index (χ0n) is 11.7. The van der Waals surface area contributed by atoms with Crippen LogP contribution in [0.3, 0.4) is 0 Å². The van der Waals surface area contributed by atoms with E-state index in [1.807, 2.05) is 0 Å². The maximum absolute atomic E-state index is 12.5. The summed E-state index contributed by atoms with van der Waals surface area (Å²) in [6.07, 6.45) is -0.342. The highest BCUT2D eigenvalue weighted by Gasteiger charge is 2.31. The molecule has 8 heteroatoms. The van der Waals surface area contributed by atoms with Crippen molar-refractivity contribution in [3.8, 4) is 5.82 Å². The van der Waals surface area contributed by atoms with Crippen LogP contribution in [0.25, 0.3) is 5.82 Å². The zero-order chi connectivity index (χ0) is 15.9. The highest BCUT2D eigenvalue weighted by atomic mass is 19.4. The number of rotatable bonds is 3. The van der Waals surface area contributed by atoms with Crippen molar-refractivity contribution in [1.29, 1.82) is 0 Å². The first-order chi connectivity index (χ1) is 10.4. The Morgan fingerprint density at radius 2 is 2.05 bits per heavy atom. The first-order valence-corrected chi connectivity index (χ1v) is 6.75. The molecule has 2 aromatic rings. The van der Waals surface area contributed by atoms with Gasteiger partial charge in [0, 0.05) is 12.2 Å². The van der Waals surface area contributed by atoms with E-state index in [1.54, 1.807) is 6.92 Å². The van der Waals surface area contributed by atoms with Gasteiger partial charge in [0.25, 0.3) is 5.91 Å². The predicted molar refractivity (Wildman–Crippen MR) is 71.6 cm³/mol. The molecular weight excluding hydrogens is 297 g/mol. The summed E-state index contributed by atoms with van der Waals surface area (Å²) in [5.41, 5.74) is 0.103. The molecule has 1 aliphatic carbocycles. The molecule has 1 N–H and O–H groups in total. The Morgan fingerprint density at radius 3 is 2.59 bits per heavy atom. The minimum atomic E-state index is -4.43. The summed E-state index contributed by atoms with van der Waals surface area (Å²) in [7, 11) is 0. The number of halogens is 3. The molecule has 2 aromatic heterocycles. The number of pyridine rings is 1. The molecule has 2 heterocycles. The van der Waals surface area contributed by atoms with Gasteiger partial charge in [0.2, 0.25) is 0 Å². The lowest BCUT2D eigenvalue weighted by Gasteiger charge is -2.08. The third-order valence-electron chi connectivity index (χ3n) is 3.46. The fourth-order valence-electron chi connectivity index (χ4n) is 2.03. The molecule has 22 heavy (non-hydrogen) atoms. The molecule has 5 nitrogen and oxygen atoms in total. The first-order valence-electron chi connectivity index (χ1n) is 6.75. The quantitative estimate of drug-likeness (QED) is 0.947. The minimum absolute atomic E-state index is 0.222. The number of hydrogen-bond donors (Lipinski definition) is 1. The van der Waals surface area contributed by atoms with Gasteiger partial charge in [0.15, 0.2) is 5.82 Å². The van der Waals surface area contributed by atoms with E-state index in [0.29, 0.717) is 11.3 Å². The van der Waals surface area contributed by atoms with Crippen LogP contribution in [0.4, 0.5) is 13.2 Å². The topological polar surface area (TPSA) is 59.8 Å². The summed E-state index contributed by atoms with van der Waals surface area (Å²) in [6.45, 7) is 1.67. The van der Waals surface area contributed by atoms with Crippen molar-refractivity contribution < 1.29 is 18.0 Å². The van der Waals surface area contributed by atoms with E-state index in [0.717, 1.165) is 25.1 Å². The number of amides is 1. The van der Waals surface area contributed by atoms with E-state index in [2.05, 4.69) is 15.4 Å². The van der Waals surface area contributed by atoms with Gasteiger partial charge in [-0.25, -0.2) is 9.67 Å². The molecule has 0 atom stereocenters. The molecule has 0 spiro atoms. The van der Waals surface area contributed by atoms with Gasteiger partial charge in [-0.15, -0.1) is 0 Å². The second kappa shape index (κ2) is 5.11. The van der Waals surface area contributed by atoms with E-state index >= 15 is 0 Å². The summed E-state index contributed by atoms with van der Waals surface area (Å²) in [6, 6.07) is 2.39. The Bertz CT molecular complexity index is 702. The standard InChI is InChI=1S/C14H13F3N4O/c1-8-11(13(22)20-10-3-4-10)7-19-21(8)12-5-2-9(6-18-12)14(15,16)17/h2,5-7,10H,3-4H2,1H3,(H,20,22). The Balaban J connectivity index is 1.85. The molecule has 1 amide bonds. The van der Waals surface area contributed by atoms with Gasteiger partial charge in [-0.2, -0.15) is 18.3 Å². The monoisotopic (exact) mass is 310 g/mol. The van der Waals surface area contributed by atoms with Crippen LogP contribution in [-0.4, -0.2) is 26.7 Å². The molecule has 1 saturated carbocycles. The number of carbonyl (C=O) groups excluding carboxylic acids is 1. The normalized spacial score (nSPS) is 14.9. The van der Waals surface area contributed by atoms with Gasteiger partial charge in [-0.3, -0.25) is 4.79 Å². The van der Waals surface area contributed by atoms with Crippen LogP contribution in [0.2, 0.25) is 0 Å². The number of nitrogens with zero attached hydrogens (tertiary/aromatic N) is 3. The summed E-state index contributed by atoms with van der Waals surface area (Å²) >= 11 is 0. The number of alkyl halides is 3. The second-order valence-electron chi connectivity index (χ2n) is 5.21. The molecule has 116 valence electrons. The SMILES string of the molecule is Cc1c(C(=O)NC2CC2)cnn1-c1ccc(C(F)(F)F)cn1. The highest BCUT2D eigenvalue weighted by Crippen LogP contribution is 2.29. The lowest BCUT2D eigenvalue weighted by Crippen LogP contribution is -2.25. The van der Waals surface area contributed by atoms with Crippen molar-refractivity contribution in [3.05, 3.63) is 41.3 Å². The van der Waals surface area contributed by atoms with E-state index in [9.17, 15) is 18.0 Å². The van der Waals surface area contributed by atoms with Gasteiger partial charge >= 0.3 is 6.18 Å². The molecule has 1 fully saturated rings. The van der Waals surface area contributed by atoms with Crippen LogP contribution in [0.5, 0.6) is 0 Å². The Labute approximate surface area is 124 Å². The fraction of sp³-hybridized carbons (Fsp3) is 0.357. The summed E-state index contributed by atoms with van der Waals surface area (Å²) in [5, 5.41) is 6.88. The summed E-state index contributed by atoms with van der Waals surface area (Å²) in [5.74, 6) is 0.00846. The van der Waals surface area contributed by atoms with Crippen LogP contribution in [0.1, 0.15) is 34.5 Å². The first kappa shape index (κ1) is 14.6. The Hall–Kier alpha value is -2.38. The third-order valence-corrected chi connectivity index (χ3v) is 3.46. The van der Waals surface area contributed by atoms with Gasteiger partial charge in [-0.1, -0.05) is 0 Å². The van der Waals surface area contributed by atoms with Crippen LogP contribution < -0.4 is 5.32 Å². The average Bonchev–Trinajstić information content (AvgIpc) is 3.18. The molecule has 0 bridgehead atoms. The fourth-order valence-corrected chi connectivity index (χ4v) is 2.03. The highest BCUT2D eigenvalue weighted by molar-refractivity contribution is 5.95. The molecular formula is C14H13F3N4O. The van der Waals surface area contributed by atoms with Crippen LogP contribution in [0, 0.1) is 6.92 Å². The largest absolute Gasteiger partial charge is 0.417 e. The van der Waals surface area contributed by atoms with E-state index < -0.39 is 11.7 Å². The zero-order valence-corrected chi connectivity index (χ0v) is 11.7. The van der Waals surface area contributed by atoms with Crippen LogP contribution in [-0.2, 0) is 6.18 Å². The Morgan fingerprint density at radius 1 is 1.32 bits per heavy atom. The number of aromatic nitrogens is 3. The van der Waals surface area contributed by atoms with Crippen LogP contribution in [0.15, 0.2) is 24.5 Å². The average molecular weight is 310 g/mol. The molecule has 0 aromatic carbocycles. The van der Waals surface area contributed by atoms with Crippen molar-refractivity contribution in [2.45, 2.75) is 32.0 Å². The minimum Gasteiger partial charge on any atom is -0.349 e. The van der Waals surface area contributed by atoms with E-state index in [-0.39, 0.29) is 17.8 Å². The second-order valence-corrected chi connectivity index (χ2v) is 5.21. The lowest BCUT2D eigenvalue weighted by atomic mass is 10.2. The number of hydrogen-bond acceptors (Lipinski definition) is 3. The van der Waals surface area contributed by atoms with Crippen molar-refractivity contribution in [3.63, 3.8) is 0 Å². The Kier molecular flexibility index (Phi) is 3.38. The molecule has 3 rings (SSSR count). The number of nitrogens with one attached hydrogen (secondary N) is 1. The van der Waals surface area contributed by atoms with Gasteiger partial charge in [0.1, 0.15) is 0 Å². The number of carbonyl (C=O) groups is 1. The van der Waals surface area contributed by atoms with Gasteiger partial charge in [0.05, 0.1) is 23.0 Å². The van der Waals surface area contributed by atoms with Crippen LogP contribution >= 0.6 is 0 Å². The third kappa shape index (κ3) is 2.81. The maximum Gasteiger partial charge on any atom is 0.417 e. The van der Waals surface area contributed by atoms with E-state index in [1.165, 1.54) is 16.9 Å². The lowest BCUT2D eigenvalue weighted by molar-refractivity contribution is -0.137. The van der Waals surface area contributed by atoms with Crippen molar-refractivity contribution in [1.82, 2.24) is 20.1 Å². The van der Waals surface area contributed by atoms with E-state index in [4.69, 9.17) is 0 Å². The smallest absolute Gasteiger partial charge is 0.349 e. The summed E-state index contributed by atoms with van der Waals surface area (Å²) < 4.78 is 38.9.